The molecule has 10 heteroatoms. The van der Waals surface area contributed by atoms with Crippen LogP contribution in [0.5, 0.6) is 0 Å². The van der Waals surface area contributed by atoms with E-state index >= 15 is 0 Å². The molecule has 0 fully saturated rings. The summed E-state index contributed by atoms with van der Waals surface area (Å²) in [5, 5.41) is 0. The maximum Gasteiger partial charge on any atom is 0.330 e. The van der Waals surface area contributed by atoms with Gasteiger partial charge in [-0.2, -0.15) is 0 Å². The van der Waals surface area contributed by atoms with Crippen molar-refractivity contribution in [2.75, 3.05) is 47.5 Å². The van der Waals surface area contributed by atoms with Crippen LogP contribution in [0.4, 0.5) is 0 Å². The molecule has 1 unspecified atom stereocenters. The molecule has 0 saturated carbocycles. The molecule has 0 aliphatic carbocycles. The second-order valence-corrected chi connectivity index (χ2v) is 11.9. The summed E-state index contributed by atoms with van der Waals surface area (Å²) in [6, 6.07) is 0. The Labute approximate surface area is 225 Å². The number of carbonyl (C=O) groups excluding carboxylic acids is 2. The molecule has 0 aromatic rings. The van der Waals surface area contributed by atoms with Crippen LogP contribution in [0.2, 0.25) is 0 Å². The summed E-state index contributed by atoms with van der Waals surface area (Å²) < 4.78 is 32.4. The van der Waals surface area contributed by atoms with E-state index in [1.165, 1.54) is 64.2 Å². The largest absolute Gasteiger partial charge is 0.756 e. The highest BCUT2D eigenvalue weighted by atomic mass is 31.2. The number of quaternary nitrogens is 1. The smallest absolute Gasteiger partial charge is 0.330 e. The lowest BCUT2D eigenvalue weighted by molar-refractivity contribution is -0.870. The fourth-order valence-corrected chi connectivity index (χ4v) is 4.24. The zero-order valence-corrected chi connectivity index (χ0v) is 24.6. The number of likely N-dealkylation sites (N-methyl/N-ethyl adjacent to an activating group) is 1. The van der Waals surface area contributed by atoms with E-state index in [1.807, 2.05) is 21.1 Å². The summed E-state index contributed by atoms with van der Waals surface area (Å²) in [6.07, 6.45) is 15.9. The van der Waals surface area contributed by atoms with Crippen molar-refractivity contribution < 1.29 is 42.1 Å². The molecule has 0 bridgehead atoms. The van der Waals surface area contributed by atoms with Crippen LogP contribution in [0.3, 0.4) is 0 Å². The minimum atomic E-state index is -4.59. The summed E-state index contributed by atoms with van der Waals surface area (Å²) in [4.78, 5) is 35.6. The van der Waals surface area contributed by atoms with Crippen LogP contribution in [-0.4, -0.2) is 70.0 Å². The molecule has 0 amide bonds. The van der Waals surface area contributed by atoms with E-state index in [0.29, 0.717) is 11.0 Å². The van der Waals surface area contributed by atoms with E-state index in [9.17, 15) is 19.0 Å². The maximum absolute atomic E-state index is 12.1. The first-order valence-electron chi connectivity index (χ1n) is 13.9. The number of carbonyl (C=O) groups is 2. The molecule has 0 N–H and O–H groups in total. The Morgan fingerprint density at radius 3 is 1.86 bits per heavy atom. The van der Waals surface area contributed by atoms with Gasteiger partial charge in [0.15, 0.2) is 6.10 Å². The lowest BCUT2D eigenvalue weighted by atomic mass is 10.0. The molecule has 0 aliphatic heterocycles. The Bertz CT molecular complexity index is 665. The molecule has 0 aromatic carbocycles. The molecular formula is C27H52NO8P. The fourth-order valence-electron chi connectivity index (χ4n) is 3.51. The SMILES string of the molecule is C=CC(=O)O[C@H](COC(=O)CCCCCCCCCCCCCCC)COP(=O)([O-])OCC[N+](C)(C)C. The third kappa shape index (κ3) is 24.8. The Balaban J connectivity index is 4.06. The highest BCUT2D eigenvalue weighted by molar-refractivity contribution is 7.45. The van der Waals surface area contributed by atoms with Crippen molar-refractivity contribution in [1.29, 1.82) is 0 Å². The van der Waals surface area contributed by atoms with Crippen molar-refractivity contribution in [1.82, 2.24) is 0 Å². The minimum absolute atomic E-state index is 0.0461. The van der Waals surface area contributed by atoms with Gasteiger partial charge in [-0.1, -0.05) is 90.6 Å². The molecule has 0 saturated heterocycles. The highest BCUT2D eigenvalue weighted by Gasteiger charge is 2.20. The van der Waals surface area contributed by atoms with E-state index in [4.69, 9.17) is 18.5 Å². The average molecular weight is 550 g/mol. The number of hydrogen-bond acceptors (Lipinski definition) is 8. The number of nitrogens with zero attached hydrogens (tertiary/aromatic N) is 1. The second-order valence-electron chi connectivity index (χ2n) is 10.5. The van der Waals surface area contributed by atoms with Gasteiger partial charge >= 0.3 is 11.9 Å². The first-order valence-corrected chi connectivity index (χ1v) is 15.3. The molecule has 0 rings (SSSR count). The Hall–Kier alpha value is -1.25. The van der Waals surface area contributed by atoms with E-state index in [1.54, 1.807) is 0 Å². The third-order valence-electron chi connectivity index (χ3n) is 5.79. The standard InChI is InChI=1S/C27H52NO8P/c1-6-8-9-10-11-12-13-14-15-16-17-18-19-20-27(30)33-23-25(36-26(29)7-2)24-35-37(31,32)34-22-21-28(3,4)5/h7,25H,2,6,8-24H2,1,3-5H3/t25-/m1/s1. The quantitative estimate of drug-likeness (QED) is 0.0495. The van der Waals surface area contributed by atoms with Crippen LogP contribution in [-0.2, 0) is 32.7 Å². The van der Waals surface area contributed by atoms with Gasteiger partial charge in [0.25, 0.3) is 7.82 Å². The summed E-state index contributed by atoms with van der Waals surface area (Å²) >= 11 is 0. The monoisotopic (exact) mass is 549 g/mol. The van der Waals surface area contributed by atoms with Crippen molar-refractivity contribution in [3.8, 4) is 0 Å². The molecule has 9 nitrogen and oxygen atoms in total. The van der Waals surface area contributed by atoms with Crippen molar-refractivity contribution in [3.63, 3.8) is 0 Å². The molecular weight excluding hydrogens is 497 g/mol. The Morgan fingerprint density at radius 1 is 0.865 bits per heavy atom. The molecule has 0 radical (unpaired) electrons. The van der Waals surface area contributed by atoms with Crippen molar-refractivity contribution in [2.24, 2.45) is 0 Å². The van der Waals surface area contributed by atoms with Gasteiger partial charge in [-0.15, -0.1) is 0 Å². The van der Waals surface area contributed by atoms with Gasteiger partial charge in [0.2, 0.25) is 0 Å². The molecule has 0 heterocycles. The number of rotatable bonds is 25. The minimum Gasteiger partial charge on any atom is -0.756 e. The van der Waals surface area contributed by atoms with Gasteiger partial charge in [-0.3, -0.25) is 9.36 Å². The molecule has 37 heavy (non-hydrogen) atoms. The van der Waals surface area contributed by atoms with E-state index in [-0.39, 0.29) is 19.6 Å². The Kier molecular flexibility index (Phi) is 20.9. The summed E-state index contributed by atoms with van der Waals surface area (Å²) in [6.45, 7) is 5.14. The molecule has 218 valence electrons. The van der Waals surface area contributed by atoms with Crippen LogP contribution < -0.4 is 4.89 Å². The van der Waals surface area contributed by atoms with Crippen LogP contribution in [0.15, 0.2) is 12.7 Å². The lowest BCUT2D eigenvalue weighted by Crippen LogP contribution is -2.37. The molecule has 0 aliphatic rings. The highest BCUT2D eigenvalue weighted by Crippen LogP contribution is 2.38. The van der Waals surface area contributed by atoms with Gasteiger partial charge in [-0.05, 0) is 6.42 Å². The van der Waals surface area contributed by atoms with Crippen LogP contribution in [0, 0.1) is 0 Å². The number of phosphoric acid groups is 1. The van der Waals surface area contributed by atoms with Crippen LogP contribution in [0.1, 0.15) is 96.8 Å². The number of hydrogen-bond donors (Lipinski definition) is 0. The van der Waals surface area contributed by atoms with Crippen LogP contribution in [0.25, 0.3) is 0 Å². The zero-order chi connectivity index (χ0) is 28.0. The van der Waals surface area contributed by atoms with Gasteiger partial charge < -0.3 is 27.9 Å². The van der Waals surface area contributed by atoms with E-state index in [0.717, 1.165) is 25.3 Å². The predicted octanol–water partition coefficient (Wildman–Crippen LogP) is 5.32. The zero-order valence-electron chi connectivity index (χ0n) is 23.8. The second kappa shape index (κ2) is 21.7. The summed E-state index contributed by atoms with van der Waals surface area (Å²) in [7, 11) is 1.11. The topological polar surface area (TPSA) is 111 Å². The molecule has 0 spiro atoms. The Morgan fingerprint density at radius 2 is 1.38 bits per heavy atom. The number of ether oxygens (including phenoxy) is 2. The first-order chi connectivity index (χ1) is 17.5. The average Bonchev–Trinajstić information content (AvgIpc) is 2.82. The van der Waals surface area contributed by atoms with Crippen molar-refractivity contribution in [3.05, 3.63) is 12.7 Å². The maximum atomic E-state index is 12.1. The van der Waals surface area contributed by atoms with Gasteiger partial charge in [0.1, 0.15) is 19.8 Å². The van der Waals surface area contributed by atoms with Gasteiger partial charge in [0, 0.05) is 12.5 Å². The molecule has 0 aromatic heterocycles. The summed E-state index contributed by atoms with van der Waals surface area (Å²) in [5.41, 5.74) is 0. The molecule has 2 atom stereocenters. The summed E-state index contributed by atoms with van der Waals surface area (Å²) in [5.74, 6) is -1.19. The van der Waals surface area contributed by atoms with Gasteiger partial charge in [-0.25, -0.2) is 4.79 Å². The van der Waals surface area contributed by atoms with E-state index in [2.05, 4.69) is 13.5 Å². The van der Waals surface area contributed by atoms with Gasteiger partial charge in [0.05, 0.1) is 27.7 Å². The number of phosphoric ester groups is 1. The van der Waals surface area contributed by atoms with Crippen LogP contribution >= 0.6 is 7.82 Å². The predicted molar refractivity (Wildman–Crippen MR) is 144 cm³/mol. The normalized spacial score (nSPS) is 14.1. The third-order valence-corrected chi connectivity index (χ3v) is 6.76. The number of unbranched alkanes of at least 4 members (excludes halogenated alkanes) is 12. The fraction of sp³-hybridized carbons (Fsp3) is 0.852. The lowest BCUT2D eigenvalue weighted by Gasteiger charge is -2.28. The van der Waals surface area contributed by atoms with E-state index < -0.39 is 32.5 Å². The van der Waals surface area contributed by atoms with Crippen molar-refractivity contribution in [2.45, 2.75) is 103 Å². The van der Waals surface area contributed by atoms with Crippen molar-refractivity contribution >= 4 is 19.8 Å². The number of esters is 2. The first kappa shape index (κ1) is 35.8.